The summed E-state index contributed by atoms with van der Waals surface area (Å²) in [5.74, 6) is -5.98. The molecule has 4 heterocycles. The molecule has 0 bridgehead atoms. The number of ether oxygens (including phenoxy) is 9. The second-order valence-electron chi connectivity index (χ2n) is 23.4. The van der Waals surface area contributed by atoms with E-state index >= 15 is 0 Å². The van der Waals surface area contributed by atoms with Gasteiger partial charge in [0.1, 0.15) is 34.8 Å². The molecule has 3 aliphatic rings. The highest BCUT2D eigenvalue weighted by Crippen LogP contribution is 2.42. The SMILES string of the molecule is C=CCCOC(=O)c1cn(CC)c2ccc(CCCNCCC(=O)O[C@@H]3[C@H](C)O[C@H](O[C@@H]4[C@@H](C)[C@H](O[C@@H]5O[C@H](C)C[C@H](N(C)C)[C@@H]5O)[C@](C)(OC)C[C@H](C)C(=O)[C@H](C)[C@@H](O)[C@](C)(O)[C@H](CC)OC(=O)[C@@H]4C)C[C@]3(C)OC)cc2c1=O. The van der Waals surface area contributed by atoms with Gasteiger partial charge in [0.05, 0.1) is 60.6 Å². The van der Waals surface area contributed by atoms with Crippen LogP contribution in [0.25, 0.3) is 10.9 Å². The maximum absolute atomic E-state index is 14.6. The number of rotatable bonds is 21. The molecular weight excluding hydrogens is 1030 g/mol. The van der Waals surface area contributed by atoms with Gasteiger partial charge in [0.25, 0.3) is 0 Å². The van der Waals surface area contributed by atoms with Gasteiger partial charge in [0.15, 0.2) is 18.7 Å². The topological polar surface area (TPSA) is 249 Å². The Morgan fingerprint density at radius 2 is 1.60 bits per heavy atom. The van der Waals surface area contributed by atoms with E-state index in [1.54, 1.807) is 60.7 Å². The molecule has 3 saturated heterocycles. The van der Waals surface area contributed by atoms with Gasteiger partial charge in [-0.3, -0.25) is 19.2 Å². The van der Waals surface area contributed by atoms with Crippen molar-refractivity contribution in [2.75, 3.05) is 48.0 Å². The monoisotopic (exact) mass is 1130 g/mol. The van der Waals surface area contributed by atoms with Gasteiger partial charge in [-0.05, 0) is 125 Å². The quantitative estimate of drug-likeness (QED) is 0.0509. The van der Waals surface area contributed by atoms with E-state index in [2.05, 4.69) is 11.9 Å². The minimum Gasteiger partial charge on any atom is -0.462 e. The van der Waals surface area contributed by atoms with Crippen LogP contribution in [0.15, 0.2) is 41.8 Å². The van der Waals surface area contributed by atoms with Gasteiger partial charge in [0.2, 0.25) is 5.43 Å². The van der Waals surface area contributed by atoms with Crippen molar-refractivity contribution in [2.24, 2.45) is 23.7 Å². The predicted molar refractivity (Wildman–Crippen MR) is 300 cm³/mol. The van der Waals surface area contributed by atoms with Crippen molar-refractivity contribution in [1.82, 2.24) is 14.8 Å². The number of nitrogens with zero attached hydrogens (tertiary/aromatic N) is 2. The average Bonchev–Trinajstić information content (AvgIpc) is 3.47. The summed E-state index contributed by atoms with van der Waals surface area (Å²) >= 11 is 0. The number of likely N-dealkylation sites (N-methyl/N-ethyl adjacent to an activating group) is 1. The zero-order valence-electron chi connectivity index (χ0n) is 50.2. The molecule has 1 aromatic carbocycles. The number of hydrogen-bond acceptors (Lipinski definition) is 19. The molecule has 2 aromatic rings. The molecule has 0 amide bonds. The van der Waals surface area contributed by atoms with Crippen LogP contribution in [0.1, 0.15) is 137 Å². The normalized spacial score (nSPS) is 35.8. The summed E-state index contributed by atoms with van der Waals surface area (Å²) in [6.07, 6.45) is -4.52. The Morgan fingerprint density at radius 1 is 0.925 bits per heavy atom. The zero-order chi connectivity index (χ0) is 59.6. The molecule has 0 saturated carbocycles. The number of Topliss-reactive ketones (excluding diaryl/α,β-unsaturated/α-hetero) is 1. The Balaban J connectivity index is 1.33. The Hall–Kier alpha value is -4.19. The molecule has 3 aliphatic heterocycles. The highest BCUT2D eigenvalue weighted by Gasteiger charge is 2.55. The number of hydrogen-bond donors (Lipinski definition) is 4. The van der Waals surface area contributed by atoms with Crippen molar-refractivity contribution in [1.29, 1.82) is 0 Å². The van der Waals surface area contributed by atoms with Crippen LogP contribution in [0, 0.1) is 23.7 Å². The van der Waals surface area contributed by atoms with Crippen LogP contribution in [0.3, 0.4) is 0 Å². The lowest BCUT2D eigenvalue weighted by Crippen LogP contribution is -2.61. The van der Waals surface area contributed by atoms with Crippen LogP contribution in [-0.2, 0) is 70.0 Å². The molecule has 4 N–H and O–H groups in total. The third-order valence-electron chi connectivity index (χ3n) is 17.1. The first-order valence-corrected chi connectivity index (χ1v) is 28.7. The highest BCUT2D eigenvalue weighted by molar-refractivity contribution is 5.94. The molecule has 3 fully saturated rings. The van der Waals surface area contributed by atoms with Crippen molar-refractivity contribution < 1.29 is 77.1 Å². The average molecular weight is 1130 g/mol. The predicted octanol–water partition coefficient (Wildman–Crippen LogP) is 5.67. The number of aliphatic hydroxyl groups excluding tert-OH is 2. The number of carbonyl (C=O) groups excluding carboxylic acids is 4. The molecule has 1 aromatic heterocycles. The lowest BCUT2D eigenvalue weighted by Gasteiger charge is -2.50. The van der Waals surface area contributed by atoms with E-state index in [4.69, 9.17) is 42.6 Å². The van der Waals surface area contributed by atoms with Crippen LogP contribution < -0.4 is 10.7 Å². The Morgan fingerprint density at radius 3 is 2.23 bits per heavy atom. The van der Waals surface area contributed by atoms with E-state index in [0.29, 0.717) is 50.7 Å². The number of aromatic nitrogens is 1. The number of aliphatic hydroxyl groups is 3. The van der Waals surface area contributed by atoms with Gasteiger partial charge in [0, 0.05) is 69.1 Å². The largest absolute Gasteiger partial charge is 0.462 e. The fraction of sp³-hybridized carbons (Fsp3) is 0.750. The van der Waals surface area contributed by atoms with Crippen LogP contribution >= 0.6 is 0 Å². The van der Waals surface area contributed by atoms with Crippen LogP contribution in [-0.4, -0.2) is 181 Å². The van der Waals surface area contributed by atoms with Gasteiger partial charge < -0.3 is 72.7 Å². The van der Waals surface area contributed by atoms with Crippen molar-refractivity contribution in [3.8, 4) is 0 Å². The summed E-state index contributed by atoms with van der Waals surface area (Å²) in [6, 6.07) is 5.35. The first kappa shape index (κ1) is 66.6. The van der Waals surface area contributed by atoms with E-state index in [0.717, 1.165) is 11.1 Å². The summed E-state index contributed by atoms with van der Waals surface area (Å²) in [5.41, 5.74) is -3.26. The third kappa shape index (κ3) is 15.5. The molecule has 0 aliphatic carbocycles. The van der Waals surface area contributed by atoms with Crippen LogP contribution in [0.2, 0.25) is 0 Å². The highest BCUT2D eigenvalue weighted by atomic mass is 16.7. The molecule has 18 atom stereocenters. The van der Waals surface area contributed by atoms with Gasteiger partial charge in [-0.15, -0.1) is 6.58 Å². The smallest absolute Gasteiger partial charge is 0.343 e. The summed E-state index contributed by atoms with van der Waals surface area (Å²) in [5, 5.41) is 39.1. The fourth-order valence-electron chi connectivity index (χ4n) is 12.0. The van der Waals surface area contributed by atoms with E-state index in [1.165, 1.54) is 21.1 Å². The second-order valence-corrected chi connectivity index (χ2v) is 23.4. The van der Waals surface area contributed by atoms with E-state index in [-0.39, 0.29) is 61.2 Å². The number of esters is 3. The van der Waals surface area contributed by atoms with Gasteiger partial charge in [-0.1, -0.05) is 39.8 Å². The fourth-order valence-corrected chi connectivity index (χ4v) is 12.0. The Labute approximate surface area is 473 Å². The maximum Gasteiger partial charge on any atom is 0.343 e. The second kappa shape index (κ2) is 28.9. The number of ketones is 1. The molecular formula is C60H95N3O17. The first-order valence-electron chi connectivity index (χ1n) is 28.7. The minimum atomic E-state index is -2.03. The van der Waals surface area contributed by atoms with Gasteiger partial charge in [-0.25, -0.2) is 4.79 Å². The molecule has 452 valence electrons. The van der Waals surface area contributed by atoms with Crippen molar-refractivity contribution in [3.05, 3.63) is 58.4 Å². The molecule has 0 unspecified atom stereocenters. The number of nitrogens with one attached hydrogen (secondary N) is 1. The van der Waals surface area contributed by atoms with E-state index < -0.39 is 114 Å². The van der Waals surface area contributed by atoms with Crippen molar-refractivity contribution in [2.45, 2.75) is 218 Å². The summed E-state index contributed by atoms with van der Waals surface area (Å²) < 4.78 is 58.6. The third-order valence-corrected chi connectivity index (χ3v) is 17.1. The van der Waals surface area contributed by atoms with Crippen LogP contribution in [0.5, 0.6) is 0 Å². The first-order chi connectivity index (χ1) is 37.6. The van der Waals surface area contributed by atoms with Crippen molar-refractivity contribution in [3.63, 3.8) is 0 Å². The minimum absolute atomic E-state index is 0.0140. The number of benzene rings is 1. The maximum atomic E-state index is 14.6. The molecule has 5 rings (SSSR count). The lowest BCUT2D eigenvalue weighted by atomic mass is 9.74. The number of methoxy groups -OCH3 is 2. The Kier molecular flexibility index (Phi) is 24.0. The summed E-state index contributed by atoms with van der Waals surface area (Å²) in [6.45, 7) is 24.2. The molecule has 80 heavy (non-hydrogen) atoms. The number of cyclic esters (lactones) is 1. The summed E-state index contributed by atoms with van der Waals surface area (Å²) in [4.78, 5) is 70.6. The molecule has 0 spiro atoms. The van der Waals surface area contributed by atoms with Gasteiger partial charge >= 0.3 is 17.9 Å². The number of fused-ring (bicyclic) bond motifs is 1. The standard InChI is InChI=1S/C60H95N3O17/c1-17-20-28-74-56(70)42-33-63(19-3)43-24-23-40(30-41(43)49(42)66)22-21-26-61-27-25-46(64)78-54-39(9)76-47(32-59(54,11)73-16)79-51-37(7)53(80-57-50(67)44(62(13)14)29-35(5)75-57)58(10,72-15)31-34(4)48(65)36(6)52(68)60(12,71)45(18-2)77-55(69)38(51)8/h17,23-24,30,33-39,44-45,47,50-54,57,61,67-68,71H,1,18-22,25-29,31-32H2,2-16H3/t34-,35+,36-,37+,38+,39-,44-,45-,47+,50-,51+,52+,53-,54+,57-,58+,59-,60+/m0/s1. The molecule has 20 nitrogen and oxygen atoms in total. The number of pyridine rings is 1. The number of aryl methyl sites for hydroxylation is 2. The summed E-state index contributed by atoms with van der Waals surface area (Å²) in [7, 11) is 6.74. The number of carbonyl (C=O) groups is 4. The lowest BCUT2D eigenvalue weighted by molar-refractivity contribution is -0.320. The van der Waals surface area contributed by atoms with Crippen molar-refractivity contribution >= 4 is 34.6 Å². The molecule has 20 heteroatoms. The van der Waals surface area contributed by atoms with Crippen LogP contribution in [0.4, 0.5) is 0 Å². The Bertz CT molecular complexity index is 2470. The van der Waals surface area contributed by atoms with Gasteiger partial charge in [-0.2, -0.15) is 0 Å². The zero-order valence-corrected chi connectivity index (χ0v) is 50.2. The van der Waals surface area contributed by atoms with E-state index in [9.17, 15) is 39.3 Å². The molecule has 0 radical (unpaired) electrons. The van der Waals surface area contributed by atoms with E-state index in [1.807, 2.05) is 62.5 Å².